The lowest BCUT2D eigenvalue weighted by atomic mass is 9.85. The molecule has 1 aliphatic carbocycles. The fourth-order valence-electron chi connectivity index (χ4n) is 3.79. The average Bonchev–Trinajstić information content (AvgIpc) is 3.00. The minimum atomic E-state index is -0.457. The van der Waals surface area contributed by atoms with E-state index in [9.17, 15) is 4.79 Å². The van der Waals surface area contributed by atoms with E-state index in [1.807, 2.05) is 0 Å². The Kier molecular flexibility index (Phi) is 6.85. The number of amides is 2. The molecule has 130 valence electrons. The molecule has 7 nitrogen and oxygen atoms in total. The molecule has 0 aromatic heterocycles. The number of likely N-dealkylation sites (tertiary alicyclic amines) is 1. The van der Waals surface area contributed by atoms with E-state index in [1.165, 1.54) is 25.3 Å². The van der Waals surface area contributed by atoms with Gasteiger partial charge in [0, 0.05) is 25.3 Å². The molecule has 0 bridgehead atoms. The molecule has 1 saturated carbocycles. The van der Waals surface area contributed by atoms with Crippen LogP contribution >= 0.6 is 0 Å². The zero-order valence-corrected chi connectivity index (χ0v) is 13.7. The monoisotopic (exact) mass is 323 g/mol. The first kappa shape index (κ1) is 17.7. The fraction of sp³-hybridized carbons (Fsp3) is 0.750. The van der Waals surface area contributed by atoms with Crippen molar-refractivity contribution in [3.63, 3.8) is 0 Å². The van der Waals surface area contributed by atoms with Gasteiger partial charge in [0.05, 0.1) is 6.21 Å². The number of rotatable bonds is 6. The second-order valence-electron chi connectivity index (χ2n) is 6.68. The van der Waals surface area contributed by atoms with Crippen LogP contribution < -0.4 is 11.5 Å². The minimum Gasteiger partial charge on any atom is -0.411 e. The van der Waals surface area contributed by atoms with Crippen molar-refractivity contribution in [2.45, 2.75) is 38.1 Å². The standard InChI is InChI=1S/C16H29N5O2/c17-10-14-6-9-20(12-14)11-13-2-4-15(5-3-13)21(16(18)22)8-1-7-19-23/h1,7-8,13-15,23H,2-6,9-12,17H2,(H2,18,22)/b8-1-,19-7-. The molecule has 5 N–H and O–H groups in total. The summed E-state index contributed by atoms with van der Waals surface area (Å²) < 4.78 is 0. The quantitative estimate of drug-likeness (QED) is 0.387. The van der Waals surface area contributed by atoms with Crippen LogP contribution in [0.15, 0.2) is 17.4 Å². The van der Waals surface area contributed by atoms with E-state index in [-0.39, 0.29) is 6.04 Å². The summed E-state index contributed by atoms with van der Waals surface area (Å²) in [4.78, 5) is 15.7. The number of nitrogens with zero attached hydrogens (tertiary/aromatic N) is 3. The highest BCUT2D eigenvalue weighted by Gasteiger charge is 2.29. The summed E-state index contributed by atoms with van der Waals surface area (Å²) in [7, 11) is 0. The maximum Gasteiger partial charge on any atom is 0.319 e. The molecule has 0 aromatic carbocycles. The van der Waals surface area contributed by atoms with Crippen molar-refractivity contribution in [2.75, 3.05) is 26.2 Å². The molecule has 0 aromatic rings. The average molecular weight is 323 g/mol. The zero-order chi connectivity index (χ0) is 16.7. The topological polar surface area (TPSA) is 108 Å². The maximum atomic E-state index is 11.6. The van der Waals surface area contributed by atoms with Gasteiger partial charge in [0.1, 0.15) is 0 Å². The van der Waals surface area contributed by atoms with Gasteiger partial charge in [-0.1, -0.05) is 5.16 Å². The van der Waals surface area contributed by atoms with Gasteiger partial charge >= 0.3 is 6.03 Å². The Bertz CT molecular complexity index is 432. The summed E-state index contributed by atoms with van der Waals surface area (Å²) >= 11 is 0. The van der Waals surface area contributed by atoms with Crippen molar-refractivity contribution in [1.29, 1.82) is 0 Å². The molecule has 0 spiro atoms. The van der Waals surface area contributed by atoms with Crippen LogP contribution in [0.2, 0.25) is 0 Å². The van der Waals surface area contributed by atoms with Crippen LogP contribution in [0.4, 0.5) is 4.79 Å². The van der Waals surface area contributed by atoms with Crippen LogP contribution in [-0.2, 0) is 0 Å². The van der Waals surface area contributed by atoms with Crippen LogP contribution in [0, 0.1) is 11.8 Å². The lowest BCUT2D eigenvalue weighted by Crippen LogP contribution is -2.42. The van der Waals surface area contributed by atoms with E-state index in [0.717, 1.165) is 45.3 Å². The third-order valence-corrected chi connectivity index (χ3v) is 5.08. The van der Waals surface area contributed by atoms with Crippen molar-refractivity contribution in [1.82, 2.24) is 9.80 Å². The highest BCUT2D eigenvalue weighted by atomic mass is 16.4. The molecular formula is C16H29N5O2. The Balaban J connectivity index is 1.79. The summed E-state index contributed by atoms with van der Waals surface area (Å²) in [5, 5.41) is 11.3. The molecule has 1 unspecified atom stereocenters. The molecule has 7 heteroatoms. The highest BCUT2D eigenvalue weighted by Crippen LogP contribution is 2.29. The number of oxime groups is 1. The summed E-state index contributed by atoms with van der Waals surface area (Å²) in [5.74, 6) is 1.36. The zero-order valence-electron chi connectivity index (χ0n) is 13.7. The minimum absolute atomic E-state index is 0.141. The summed E-state index contributed by atoms with van der Waals surface area (Å²) in [5.41, 5.74) is 11.2. The number of hydrogen-bond acceptors (Lipinski definition) is 5. The number of carbonyl (C=O) groups excluding carboxylic acids is 1. The van der Waals surface area contributed by atoms with Crippen LogP contribution in [-0.4, -0.2) is 59.5 Å². The largest absolute Gasteiger partial charge is 0.411 e. The Labute approximate surface area is 138 Å². The summed E-state index contributed by atoms with van der Waals surface area (Å²) in [6, 6.07) is -0.316. The molecule has 23 heavy (non-hydrogen) atoms. The number of hydrogen-bond donors (Lipinski definition) is 3. The smallest absolute Gasteiger partial charge is 0.319 e. The van der Waals surface area contributed by atoms with E-state index >= 15 is 0 Å². The Morgan fingerprint density at radius 1 is 1.26 bits per heavy atom. The van der Waals surface area contributed by atoms with Gasteiger partial charge in [-0.15, -0.1) is 0 Å². The van der Waals surface area contributed by atoms with Crippen molar-refractivity contribution in [2.24, 2.45) is 28.5 Å². The van der Waals surface area contributed by atoms with Crippen molar-refractivity contribution in [3.05, 3.63) is 12.3 Å². The molecule has 1 atom stereocenters. The van der Waals surface area contributed by atoms with Gasteiger partial charge in [-0.3, -0.25) is 4.90 Å². The van der Waals surface area contributed by atoms with Crippen LogP contribution in [0.3, 0.4) is 0 Å². The summed E-state index contributed by atoms with van der Waals surface area (Å²) in [6.45, 7) is 4.23. The molecule has 2 rings (SSSR count). The number of primary amides is 1. The Morgan fingerprint density at radius 2 is 2.00 bits per heavy atom. The molecule has 0 radical (unpaired) electrons. The van der Waals surface area contributed by atoms with E-state index in [0.29, 0.717) is 11.8 Å². The molecule has 1 aliphatic heterocycles. The molecule has 2 aliphatic rings. The Hall–Kier alpha value is -1.60. The maximum absolute atomic E-state index is 11.6. The van der Waals surface area contributed by atoms with Crippen LogP contribution in [0.5, 0.6) is 0 Å². The van der Waals surface area contributed by atoms with E-state index < -0.39 is 6.03 Å². The molecule has 1 saturated heterocycles. The first-order valence-electron chi connectivity index (χ1n) is 8.48. The lowest BCUT2D eigenvalue weighted by molar-refractivity contribution is 0.162. The van der Waals surface area contributed by atoms with Gasteiger partial charge in [-0.05, 0) is 63.1 Å². The van der Waals surface area contributed by atoms with E-state index in [1.54, 1.807) is 11.1 Å². The van der Waals surface area contributed by atoms with Gasteiger partial charge in [0.15, 0.2) is 0 Å². The predicted octanol–water partition coefficient (Wildman–Crippen LogP) is 1.18. The van der Waals surface area contributed by atoms with Crippen molar-refractivity contribution < 1.29 is 10.0 Å². The lowest BCUT2D eigenvalue weighted by Gasteiger charge is -2.35. The SMILES string of the molecule is NCC1CCN(CC2CCC(N(/C=C\C=N/O)C(N)=O)CC2)C1. The number of allylic oxidation sites excluding steroid dienone is 1. The van der Waals surface area contributed by atoms with E-state index in [2.05, 4.69) is 10.1 Å². The second kappa shape index (κ2) is 8.88. The van der Waals surface area contributed by atoms with Crippen molar-refractivity contribution >= 4 is 12.2 Å². The van der Waals surface area contributed by atoms with Gasteiger partial charge < -0.3 is 21.6 Å². The fourth-order valence-corrected chi connectivity index (χ4v) is 3.79. The molecule has 1 heterocycles. The van der Waals surface area contributed by atoms with Gasteiger partial charge in [0.25, 0.3) is 0 Å². The second-order valence-corrected chi connectivity index (χ2v) is 6.68. The first-order chi connectivity index (χ1) is 11.1. The molecule has 2 amide bonds. The first-order valence-corrected chi connectivity index (χ1v) is 8.48. The third kappa shape index (κ3) is 5.21. The predicted molar refractivity (Wildman–Crippen MR) is 90.2 cm³/mol. The van der Waals surface area contributed by atoms with Gasteiger partial charge in [-0.25, -0.2) is 4.79 Å². The normalized spacial score (nSPS) is 29.5. The van der Waals surface area contributed by atoms with Gasteiger partial charge in [0.2, 0.25) is 0 Å². The van der Waals surface area contributed by atoms with Crippen LogP contribution in [0.1, 0.15) is 32.1 Å². The number of carbonyl (C=O) groups is 1. The van der Waals surface area contributed by atoms with Gasteiger partial charge in [-0.2, -0.15) is 0 Å². The number of urea groups is 1. The van der Waals surface area contributed by atoms with Crippen molar-refractivity contribution in [3.8, 4) is 0 Å². The summed E-state index contributed by atoms with van der Waals surface area (Å²) in [6.07, 6.45) is 9.71. The Morgan fingerprint density at radius 3 is 2.57 bits per heavy atom. The number of nitrogens with two attached hydrogens (primary N) is 2. The van der Waals surface area contributed by atoms with Crippen LogP contribution in [0.25, 0.3) is 0 Å². The third-order valence-electron chi connectivity index (χ3n) is 5.08. The van der Waals surface area contributed by atoms with E-state index in [4.69, 9.17) is 16.7 Å². The molecule has 2 fully saturated rings. The molecular weight excluding hydrogens is 294 g/mol. The highest BCUT2D eigenvalue weighted by molar-refractivity contribution is 5.76.